The molecule has 160 valence electrons. The standard InChI is InChI=1S/C23H20N6O3/c1-31-19-4-3-15(13-20(19)32-2)7-11-28-12-8-18-17(22(28)30)14-25-23-26-21(27-29(18)23)16-5-9-24-10-6-16/h3-6,8-10,12-14H,7,11H2,1-2H3. The zero-order chi connectivity index (χ0) is 22.1. The highest BCUT2D eigenvalue weighted by atomic mass is 16.5. The van der Waals surface area contributed by atoms with Crippen LogP contribution in [0.25, 0.3) is 28.1 Å². The van der Waals surface area contributed by atoms with Gasteiger partial charge in [0.15, 0.2) is 17.3 Å². The number of hydrogen-bond donors (Lipinski definition) is 0. The monoisotopic (exact) mass is 428 g/mol. The third-order valence-electron chi connectivity index (χ3n) is 5.33. The predicted octanol–water partition coefficient (Wildman–Crippen LogP) is 2.76. The maximum Gasteiger partial charge on any atom is 0.261 e. The van der Waals surface area contributed by atoms with Crippen LogP contribution in [0.2, 0.25) is 0 Å². The number of fused-ring (bicyclic) bond motifs is 3. The van der Waals surface area contributed by atoms with Crippen molar-refractivity contribution in [1.29, 1.82) is 0 Å². The Kier molecular flexibility index (Phi) is 4.98. The minimum absolute atomic E-state index is 0.127. The zero-order valence-electron chi connectivity index (χ0n) is 17.6. The molecule has 0 saturated carbocycles. The lowest BCUT2D eigenvalue weighted by Gasteiger charge is -2.11. The van der Waals surface area contributed by atoms with Crippen LogP contribution in [0.3, 0.4) is 0 Å². The van der Waals surface area contributed by atoms with Gasteiger partial charge in [-0.05, 0) is 42.3 Å². The number of pyridine rings is 2. The van der Waals surface area contributed by atoms with Crippen LogP contribution >= 0.6 is 0 Å². The molecule has 0 amide bonds. The summed E-state index contributed by atoms with van der Waals surface area (Å²) >= 11 is 0. The molecule has 0 radical (unpaired) electrons. The predicted molar refractivity (Wildman–Crippen MR) is 119 cm³/mol. The number of methoxy groups -OCH3 is 2. The Bertz CT molecular complexity index is 1480. The van der Waals surface area contributed by atoms with Crippen LogP contribution in [0.5, 0.6) is 11.5 Å². The third kappa shape index (κ3) is 3.43. The van der Waals surface area contributed by atoms with Gasteiger partial charge < -0.3 is 14.0 Å². The van der Waals surface area contributed by atoms with E-state index in [1.165, 1.54) is 0 Å². The van der Waals surface area contributed by atoms with Gasteiger partial charge in [-0.25, -0.2) is 4.98 Å². The van der Waals surface area contributed by atoms with Gasteiger partial charge in [0.2, 0.25) is 0 Å². The van der Waals surface area contributed by atoms with Crippen molar-refractivity contribution in [2.24, 2.45) is 0 Å². The number of nitrogens with zero attached hydrogens (tertiary/aromatic N) is 6. The van der Waals surface area contributed by atoms with Gasteiger partial charge in [0.1, 0.15) is 0 Å². The Morgan fingerprint density at radius 3 is 2.59 bits per heavy atom. The van der Waals surface area contributed by atoms with Gasteiger partial charge >= 0.3 is 0 Å². The molecule has 1 aromatic carbocycles. The molecule has 0 fully saturated rings. The van der Waals surface area contributed by atoms with Crippen LogP contribution in [0.4, 0.5) is 0 Å². The van der Waals surface area contributed by atoms with E-state index >= 15 is 0 Å². The minimum Gasteiger partial charge on any atom is -0.493 e. The molecule has 0 atom stereocenters. The second-order valence-electron chi connectivity index (χ2n) is 7.19. The van der Waals surface area contributed by atoms with E-state index in [9.17, 15) is 4.79 Å². The lowest BCUT2D eigenvalue weighted by molar-refractivity contribution is 0.354. The molecule has 0 aliphatic heterocycles. The highest BCUT2D eigenvalue weighted by Crippen LogP contribution is 2.27. The summed E-state index contributed by atoms with van der Waals surface area (Å²) in [5.41, 5.74) is 2.41. The highest BCUT2D eigenvalue weighted by Gasteiger charge is 2.13. The molecule has 0 spiro atoms. The number of aromatic nitrogens is 6. The van der Waals surface area contributed by atoms with Crippen molar-refractivity contribution >= 4 is 16.7 Å². The summed E-state index contributed by atoms with van der Waals surface area (Å²) in [6.07, 6.45) is 7.37. The van der Waals surface area contributed by atoms with Crippen LogP contribution in [0, 0.1) is 0 Å². The van der Waals surface area contributed by atoms with Crippen molar-refractivity contribution < 1.29 is 9.47 Å². The van der Waals surface area contributed by atoms with Gasteiger partial charge in [-0.2, -0.15) is 9.50 Å². The lowest BCUT2D eigenvalue weighted by atomic mass is 10.1. The molecule has 0 saturated heterocycles. The fourth-order valence-corrected chi connectivity index (χ4v) is 3.64. The first-order chi connectivity index (χ1) is 15.7. The Hall–Kier alpha value is -4.27. The SMILES string of the molecule is COc1ccc(CCn2ccc3c(cnc4nc(-c5ccncc5)nn43)c2=O)cc1OC. The van der Waals surface area contributed by atoms with Crippen LogP contribution in [-0.2, 0) is 13.0 Å². The van der Waals surface area contributed by atoms with Crippen molar-refractivity contribution in [2.75, 3.05) is 14.2 Å². The maximum absolute atomic E-state index is 13.1. The second-order valence-corrected chi connectivity index (χ2v) is 7.19. The van der Waals surface area contributed by atoms with Crippen molar-refractivity contribution in [3.05, 3.63) is 77.1 Å². The van der Waals surface area contributed by atoms with Crippen LogP contribution in [0.1, 0.15) is 5.56 Å². The quantitative estimate of drug-likeness (QED) is 0.410. The maximum atomic E-state index is 13.1. The summed E-state index contributed by atoms with van der Waals surface area (Å²) in [7, 11) is 3.21. The van der Waals surface area contributed by atoms with Gasteiger partial charge in [0, 0.05) is 36.9 Å². The van der Waals surface area contributed by atoms with E-state index in [2.05, 4.69) is 20.1 Å². The Morgan fingerprint density at radius 2 is 1.81 bits per heavy atom. The number of ether oxygens (including phenoxy) is 2. The van der Waals surface area contributed by atoms with E-state index < -0.39 is 0 Å². The van der Waals surface area contributed by atoms with Gasteiger partial charge in [-0.3, -0.25) is 9.78 Å². The van der Waals surface area contributed by atoms with E-state index in [0.717, 1.165) is 11.1 Å². The second kappa shape index (κ2) is 8.10. The van der Waals surface area contributed by atoms with Crippen molar-refractivity contribution in [3.63, 3.8) is 0 Å². The molecule has 5 aromatic rings. The van der Waals surface area contributed by atoms with Gasteiger partial charge in [-0.1, -0.05) is 6.07 Å². The Morgan fingerprint density at radius 1 is 1.00 bits per heavy atom. The van der Waals surface area contributed by atoms with Gasteiger partial charge in [-0.15, -0.1) is 5.10 Å². The fraction of sp³-hybridized carbons (Fsp3) is 0.174. The molecule has 0 bridgehead atoms. The molecule has 4 heterocycles. The van der Waals surface area contributed by atoms with E-state index in [4.69, 9.17) is 9.47 Å². The number of hydrogen-bond acceptors (Lipinski definition) is 7. The summed E-state index contributed by atoms with van der Waals surface area (Å²) in [5, 5.41) is 5.04. The Labute approximate surface area is 182 Å². The Balaban J connectivity index is 1.47. The van der Waals surface area contributed by atoms with E-state index in [-0.39, 0.29) is 5.56 Å². The average Bonchev–Trinajstić information content (AvgIpc) is 3.29. The summed E-state index contributed by atoms with van der Waals surface area (Å²) in [5.74, 6) is 2.31. The number of benzene rings is 1. The van der Waals surface area contributed by atoms with E-state index in [1.807, 2.05) is 36.4 Å². The molecule has 0 unspecified atom stereocenters. The molecule has 9 nitrogen and oxygen atoms in total. The first-order valence-electron chi connectivity index (χ1n) is 10.0. The number of aryl methyl sites for hydroxylation is 2. The van der Waals surface area contributed by atoms with Crippen molar-refractivity contribution in [3.8, 4) is 22.9 Å². The van der Waals surface area contributed by atoms with Gasteiger partial charge in [0.05, 0.1) is 25.1 Å². The van der Waals surface area contributed by atoms with E-state index in [1.54, 1.807) is 48.1 Å². The molecular weight excluding hydrogens is 408 g/mol. The molecule has 0 N–H and O–H groups in total. The van der Waals surface area contributed by atoms with Crippen molar-refractivity contribution in [2.45, 2.75) is 13.0 Å². The van der Waals surface area contributed by atoms with Crippen LogP contribution in [-0.4, -0.2) is 43.4 Å². The fourth-order valence-electron chi connectivity index (χ4n) is 3.64. The average molecular weight is 428 g/mol. The molecular formula is C23H20N6O3. The van der Waals surface area contributed by atoms with Gasteiger partial charge in [0.25, 0.3) is 11.3 Å². The van der Waals surface area contributed by atoms with Crippen LogP contribution in [0.15, 0.2) is 66.0 Å². The van der Waals surface area contributed by atoms with E-state index in [0.29, 0.717) is 47.0 Å². The highest BCUT2D eigenvalue weighted by molar-refractivity contribution is 5.79. The molecule has 0 aliphatic carbocycles. The molecule has 32 heavy (non-hydrogen) atoms. The molecule has 5 rings (SSSR count). The van der Waals surface area contributed by atoms with Crippen molar-refractivity contribution in [1.82, 2.24) is 29.1 Å². The number of rotatable bonds is 6. The summed E-state index contributed by atoms with van der Waals surface area (Å²) in [4.78, 5) is 25.9. The minimum atomic E-state index is -0.127. The zero-order valence-corrected chi connectivity index (χ0v) is 17.6. The first-order valence-corrected chi connectivity index (χ1v) is 10.0. The molecule has 4 aromatic heterocycles. The molecule has 0 aliphatic rings. The summed E-state index contributed by atoms with van der Waals surface area (Å²) in [6, 6.07) is 11.3. The topological polar surface area (TPSA) is 96.4 Å². The lowest BCUT2D eigenvalue weighted by Crippen LogP contribution is -2.21. The largest absolute Gasteiger partial charge is 0.493 e. The summed E-state index contributed by atoms with van der Waals surface area (Å²) < 4.78 is 13.9. The normalized spacial score (nSPS) is 11.2. The summed E-state index contributed by atoms with van der Waals surface area (Å²) in [6.45, 7) is 0.516. The smallest absolute Gasteiger partial charge is 0.261 e. The third-order valence-corrected chi connectivity index (χ3v) is 5.33. The van der Waals surface area contributed by atoms with Crippen LogP contribution < -0.4 is 15.0 Å². The first kappa shape index (κ1) is 19.7. The molecule has 9 heteroatoms.